The first-order valence-electron chi connectivity index (χ1n) is 8.29. The molecule has 5 heteroatoms. The summed E-state index contributed by atoms with van der Waals surface area (Å²) in [5, 5.41) is 0.346. The number of hydrogen-bond acceptors (Lipinski definition) is 3. The monoisotopic (exact) mass is 329 g/mol. The lowest BCUT2D eigenvalue weighted by atomic mass is 10.1. The molecule has 22 heavy (non-hydrogen) atoms. The Morgan fingerprint density at radius 1 is 1.09 bits per heavy atom. The van der Waals surface area contributed by atoms with E-state index < -0.39 is 5.97 Å². The van der Waals surface area contributed by atoms with Crippen LogP contribution in [0.5, 0.6) is 0 Å². The highest BCUT2D eigenvalue weighted by Gasteiger charge is 2.17. The predicted octanol–water partition coefficient (Wildman–Crippen LogP) is 4.89. The largest absolute Gasteiger partial charge is 0.464 e. The summed E-state index contributed by atoms with van der Waals surface area (Å²) in [4.78, 5) is 17.2. The molecule has 0 atom stereocenters. The zero-order valence-corrected chi connectivity index (χ0v) is 14.5. The number of ether oxygens (including phenoxy) is 1. The fourth-order valence-electron chi connectivity index (χ4n) is 2.36. The van der Waals surface area contributed by atoms with Crippen LogP contribution >= 0.6 is 11.6 Å². The minimum Gasteiger partial charge on any atom is -0.464 e. The van der Waals surface area contributed by atoms with E-state index in [4.69, 9.17) is 21.2 Å². The Hall–Kier alpha value is -1.16. The van der Waals surface area contributed by atoms with E-state index in [0.717, 1.165) is 12.8 Å². The number of rotatable bonds is 12. The summed E-state index contributed by atoms with van der Waals surface area (Å²) in [7, 11) is 1.33. The molecule has 1 heterocycles. The first kappa shape index (κ1) is 18.9. The highest BCUT2D eigenvalue weighted by Crippen LogP contribution is 2.17. The second-order valence-electron chi connectivity index (χ2n) is 5.49. The van der Waals surface area contributed by atoms with Gasteiger partial charge < -0.3 is 9.57 Å². The minimum atomic E-state index is -0.484. The summed E-state index contributed by atoms with van der Waals surface area (Å²) in [6, 6.07) is 1.63. The summed E-state index contributed by atoms with van der Waals surface area (Å²) in [6.07, 6.45) is 13.0. The van der Waals surface area contributed by atoms with E-state index in [9.17, 15) is 4.79 Å². The van der Waals surface area contributed by atoms with Crippen molar-refractivity contribution in [3.05, 3.63) is 23.0 Å². The Balaban J connectivity index is 2.11. The van der Waals surface area contributed by atoms with Gasteiger partial charge in [0.1, 0.15) is 6.61 Å². The van der Waals surface area contributed by atoms with Gasteiger partial charge in [-0.15, -0.1) is 0 Å². The second kappa shape index (κ2) is 11.4. The number of nitrogens with zero attached hydrogens (tertiary/aromatic N) is 1. The third kappa shape index (κ3) is 6.73. The lowest BCUT2D eigenvalue weighted by molar-refractivity contribution is 0.0504. The Morgan fingerprint density at radius 3 is 2.27 bits per heavy atom. The first-order valence-corrected chi connectivity index (χ1v) is 8.67. The maximum atomic E-state index is 11.6. The average Bonchev–Trinajstić information content (AvgIpc) is 2.89. The zero-order valence-electron chi connectivity index (χ0n) is 13.8. The van der Waals surface area contributed by atoms with E-state index in [1.807, 2.05) is 0 Å². The zero-order chi connectivity index (χ0) is 16.2. The molecule has 0 aliphatic rings. The molecule has 0 unspecified atom stereocenters. The van der Waals surface area contributed by atoms with Crippen molar-refractivity contribution in [3.63, 3.8) is 0 Å². The summed E-state index contributed by atoms with van der Waals surface area (Å²) >= 11 is 5.95. The molecule has 0 aliphatic heterocycles. The fraction of sp³-hybridized carbons (Fsp3) is 0.706. The van der Waals surface area contributed by atoms with Crippen molar-refractivity contribution in [3.8, 4) is 0 Å². The molecule has 0 spiro atoms. The summed E-state index contributed by atoms with van der Waals surface area (Å²) in [5.41, 5.74) is 0.250. The summed E-state index contributed by atoms with van der Waals surface area (Å²) < 4.78 is 6.09. The Bertz CT molecular complexity index is 432. The molecule has 0 saturated carbocycles. The van der Waals surface area contributed by atoms with E-state index >= 15 is 0 Å². The highest BCUT2D eigenvalue weighted by molar-refractivity contribution is 6.33. The molecule has 0 N–H and O–H groups in total. The van der Waals surface area contributed by atoms with Crippen LogP contribution < -0.4 is 4.84 Å². The van der Waals surface area contributed by atoms with Crippen LogP contribution in [-0.4, -0.2) is 24.4 Å². The third-order valence-corrected chi connectivity index (χ3v) is 3.96. The van der Waals surface area contributed by atoms with Gasteiger partial charge in [-0.25, -0.2) is 4.79 Å². The maximum Gasteiger partial charge on any atom is 0.359 e. The van der Waals surface area contributed by atoms with Gasteiger partial charge in [0, 0.05) is 6.20 Å². The van der Waals surface area contributed by atoms with E-state index in [-0.39, 0.29) is 5.69 Å². The van der Waals surface area contributed by atoms with Crippen LogP contribution in [0.1, 0.15) is 75.2 Å². The van der Waals surface area contributed by atoms with Crippen molar-refractivity contribution in [2.45, 2.75) is 64.7 Å². The topological polar surface area (TPSA) is 40.5 Å². The Labute approximate surface area is 138 Å². The molecule has 126 valence electrons. The van der Waals surface area contributed by atoms with Gasteiger partial charge in [-0.1, -0.05) is 63.5 Å². The molecule has 1 aromatic heterocycles. The van der Waals surface area contributed by atoms with Gasteiger partial charge in [-0.2, -0.15) is 4.73 Å². The van der Waals surface area contributed by atoms with Gasteiger partial charge in [0.2, 0.25) is 0 Å². The quantitative estimate of drug-likeness (QED) is 0.405. The van der Waals surface area contributed by atoms with E-state index in [0.29, 0.717) is 11.6 Å². The van der Waals surface area contributed by atoms with Gasteiger partial charge in [0.05, 0.1) is 12.1 Å². The molecular formula is C17H28ClNO3. The molecule has 0 bridgehead atoms. The molecule has 0 fully saturated rings. The van der Waals surface area contributed by atoms with E-state index in [2.05, 4.69) is 6.92 Å². The number of carbonyl (C=O) groups is 1. The van der Waals surface area contributed by atoms with Crippen molar-refractivity contribution in [2.75, 3.05) is 13.7 Å². The van der Waals surface area contributed by atoms with Gasteiger partial charge in [0.15, 0.2) is 5.69 Å². The van der Waals surface area contributed by atoms with Crippen molar-refractivity contribution in [1.82, 2.24) is 4.73 Å². The van der Waals surface area contributed by atoms with Crippen molar-refractivity contribution >= 4 is 17.6 Å². The number of hydrogen-bond donors (Lipinski definition) is 0. The van der Waals surface area contributed by atoms with E-state index in [1.165, 1.54) is 56.8 Å². The smallest absolute Gasteiger partial charge is 0.359 e. The first-order chi connectivity index (χ1) is 10.7. The lowest BCUT2D eigenvalue weighted by Crippen LogP contribution is -2.18. The molecular weight excluding hydrogens is 302 g/mol. The van der Waals surface area contributed by atoms with Crippen LogP contribution in [0.2, 0.25) is 5.02 Å². The van der Waals surface area contributed by atoms with Crippen molar-refractivity contribution < 1.29 is 14.4 Å². The molecule has 0 saturated heterocycles. The molecule has 1 rings (SSSR count). The normalized spacial score (nSPS) is 10.7. The van der Waals surface area contributed by atoms with Crippen LogP contribution in [0.25, 0.3) is 0 Å². The van der Waals surface area contributed by atoms with Crippen LogP contribution in [0, 0.1) is 0 Å². The number of unbranched alkanes of at least 4 members (excludes halogenated alkanes) is 8. The molecule has 1 aromatic rings. The van der Waals surface area contributed by atoms with Crippen molar-refractivity contribution in [1.29, 1.82) is 0 Å². The molecule has 0 radical (unpaired) electrons. The minimum absolute atomic E-state index is 0.250. The Kier molecular flexibility index (Phi) is 9.80. The molecule has 0 amide bonds. The average molecular weight is 330 g/mol. The number of halogens is 1. The second-order valence-corrected chi connectivity index (χ2v) is 5.90. The SMILES string of the molecule is CCCCCCCCCCCOn1ccc(Cl)c1C(=O)OC. The molecule has 0 aromatic carbocycles. The van der Waals surface area contributed by atoms with Crippen molar-refractivity contribution in [2.24, 2.45) is 0 Å². The number of methoxy groups -OCH3 is 1. The number of carbonyl (C=O) groups excluding carboxylic acids is 1. The van der Waals surface area contributed by atoms with Crippen LogP contribution in [-0.2, 0) is 4.74 Å². The van der Waals surface area contributed by atoms with Gasteiger partial charge in [0.25, 0.3) is 0 Å². The van der Waals surface area contributed by atoms with E-state index in [1.54, 1.807) is 12.3 Å². The number of aromatic nitrogens is 1. The number of esters is 1. The summed E-state index contributed by atoms with van der Waals surface area (Å²) in [5.74, 6) is -0.484. The third-order valence-electron chi connectivity index (χ3n) is 3.66. The van der Waals surface area contributed by atoms with Gasteiger partial charge in [-0.3, -0.25) is 0 Å². The maximum absolute atomic E-state index is 11.6. The Morgan fingerprint density at radius 2 is 1.68 bits per heavy atom. The molecule has 0 aliphatic carbocycles. The van der Waals surface area contributed by atoms with Gasteiger partial charge >= 0.3 is 5.97 Å². The fourth-order valence-corrected chi connectivity index (χ4v) is 2.58. The van der Waals surface area contributed by atoms with Crippen LogP contribution in [0.4, 0.5) is 0 Å². The van der Waals surface area contributed by atoms with Crippen LogP contribution in [0.3, 0.4) is 0 Å². The van der Waals surface area contributed by atoms with Crippen LogP contribution in [0.15, 0.2) is 12.3 Å². The predicted molar refractivity (Wildman–Crippen MR) is 89.5 cm³/mol. The van der Waals surface area contributed by atoms with Gasteiger partial charge in [-0.05, 0) is 18.9 Å². The highest BCUT2D eigenvalue weighted by atomic mass is 35.5. The molecule has 4 nitrogen and oxygen atoms in total. The standard InChI is InChI=1S/C17H28ClNO3/c1-3-4-5-6-7-8-9-10-11-14-22-19-13-12-15(18)16(19)17(20)21-2/h12-13H,3-11,14H2,1-2H3. The lowest BCUT2D eigenvalue weighted by Gasteiger charge is -2.10. The summed E-state index contributed by atoms with van der Waals surface area (Å²) in [6.45, 7) is 2.81.